The van der Waals surface area contributed by atoms with Crippen LogP contribution in [0.5, 0.6) is 0 Å². The molecule has 1 radical (unpaired) electrons. The van der Waals surface area contributed by atoms with Crippen molar-refractivity contribution in [1.82, 2.24) is 5.73 Å². The SMILES string of the molecule is [NH]c1ccc2c(S(N)(=O)=O)cccc2c1. The van der Waals surface area contributed by atoms with Gasteiger partial charge < -0.3 is 5.73 Å². The monoisotopic (exact) mass is 221 g/mol. The fraction of sp³-hybridized carbons (Fsp3) is 0. The van der Waals surface area contributed by atoms with Crippen LogP contribution < -0.4 is 10.9 Å². The summed E-state index contributed by atoms with van der Waals surface area (Å²) in [6.07, 6.45) is 0. The van der Waals surface area contributed by atoms with Gasteiger partial charge in [-0.25, -0.2) is 13.6 Å². The highest BCUT2D eigenvalue weighted by molar-refractivity contribution is 7.89. The number of nitrogens with one attached hydrogen (secondary N) is 1. The Kier molecular flexibility index (Phi) is 2.13. The van der Waals surface area contributed by atoms with Crippen LogP contribution in [-0.2, 0) is 10.0 Å². The Balaban J connectivity index is 2.89. The van der Waals surface area contributed by atoms with Crippen molar-refractivity contribution in [2.24, 2.45) is 5.14 Å². The quantitative estimate of drug-likeness (QED) is 0.789. The Hall–Kier alpha value is -1.59. The average molecular weight is 221 g/mol. The lowest BCUT2D eigenvalue weighted by Crippen LogP contribution is -2.12. The molecule has 0 aliphatic carbocycles. The van der Waals surface area contributed by atoms with Crippen molar-refractivity contribution in [3.63, 3.8) is 0 Å². The van der Waals surface area contributed by atoms with Crippen molar-refractivity contribution < 1.29 is 8.42 Å². The van der Waals surface area contributed by atoms with Gasteiger partial charge in [-0.1, -0.05) is 18.2 Å². The molecule has 77 valence electrons. The molecule has 0 unspecified atom stereocenters. The molecule has 0 aliphatic rings. The lowest BCUT2D eigenvalue weighted by molar-refractivity contribution is 0.598. The van der Waals surface area contributed by atoms with Gasteiger partial charge in [-0.2, -0.15) is 0 Å². The summed E-state index contributed by atoms with van der Waals surface area (Å²) >= 11 is 0. The third-order valence-corrected chi connectivity index (χ3v) is 3.12. The topological polar surface area (TPSA) is 84.0 Å². The number of benzene rings is 2. The molecule has 0 atom stereocenters. The minimum atomic E-state index is -3.70. The standard InChI is InChI=1S/C10H9N2O2S/c11-8-4-5-9-7(6-8)2-1-3-10(9)15(12,13)14/h1-6,11H,(H2,12,13,14). The lowest BCUT2D eigenvalue weighted by Gasteiger charge is -2.04. The highest BCUT2D eigenvalue weighted by Crippen LogP contribution is 2.24. The van der Waals surface area contributed by atoms with Gasteiger partial charge in [0, 0.05) is 5.39 Å². The van der Waals surface area contributed by atoms with Gasteiger partial charge in [0.25, 0.3) is 0 Å². The Morgan fingerprint density at radius 2 is 1.87 bits per heavy atom. The second-order valence-corrected chi connectivity index (χ2v) is 4.77. The molecule has 0 spiro atoms. The van der Waals surface area contributed by atoms with E-state index in [0.29, 0.717) is 16.5 Å². The highest BCUT2D eigenvalue weighted by Gasteiger charge is 2.11. The van der Waals surface area contributed by atoms with Gasteiger partial charge in [0.15, 0.2) is 0 Å². The van der Waals surface area contributed by atoms with Crippen molar-refractivity contribution in [2.75, 3.05) is 0 Å². The van der Waals surface area contributed by atoms with E-state index in [1.807, 2.05) is 0 Å². The highest BCUT2D eigenvalue weighted by atomic mass is 32.2. The largest absolute Gasteiger partial charge is 0.301 e. The van der Waals surface area contributed by atoms with E-state index in [1.54, 1.807) is 24.3 Å². The van der Waals surface area contributed by atoms with Gasteiger partial charge in [-0.05, 0) is 23.6 Å². The molecule has 0 heterocycles. The van der Waals surface area contributed by atoms with Gasteiger partial charge >= 0.3 is 0 Å². The van der Waals surface area contributed by atoms with Crippen LogP contribution in [0.3, 0.4) is 0 Å². The molecule has 3 N–H and O–H groups in total. The third-order valence-electron chi connectivity index (χ3n) is 2.15. The maximum Gasteiger partial charge on any atom is 0.238 e. The number of hydrogen-bond acceptors (Lipinski definition) is 2. The smallest absolute Gasteiger partial charge is 0.238 e. The van der Waals surface area contributed by atoms with Gasteiger partial charge in [0.2, 0.25) is 10.0 Å². The number of hydrogen-bond donors (Lipinski definition) is 1. The number of primary sulfonamides is 1. The van der Waals surface area contributed by atoms with Crippen LogP contribution >= 0.6 is 0 Å². The second-order valence-electron chi connectivity index (χ2n) is 3.24. The van der Waals surface area contributed by atoms with E-state index >= 15 is 0 Å². The first-order valence-corrected chi connectivity index (χ1v) is 5.80. The minimum absolute atomic E-state index is 0.0972. The summed E-state index contributed by atoms with van der Waals surface area (Å²) in [5.41, 5.74) is 7.76. The molecule has 2 aromatic carbocycles. The molecule has 0 fully saturated rings. The van der Waals surface area contributed by atoms with Crippen LogP contribution in [0.25, 0.3) is 10.8 Å². The molecule has 0 saturated heterocycles. The van der Waals surface area contributed by atoms with Gasteiger partial charge in [-0.3, -0.25) is 0 Å². The molecule has 0 aliphatic heterocycles. The van der Waals surface area contributed by atoms with E-state index in [0.717, 1.165) is 0 Å². The van der Waals surface area contributed by atoms with Crippen molar-refractivity contribution in [1.29, 1.82) is 0 Å². The van der Waals surface area contributed by atoms with E-state index in [2.05, 4.69) is 0 Å². The number of fused-ring (bicyclic) bond motifs is 1. The first-order valence-electron chi connectivity index (χ1n) is 4.26. The molecule has 0 saturated carbocycles. The van der Waals surface area contributed by atoms with Crippen molar-refractivity contribution >= 4 is 26.5 Å². The summed E-state index contributed by atoms with van der Waals surface area (Å²) in [6.45, 7) is 0. The second kappa shape index (κ2) is 3.22. The van der Waals surface area contributed by atoms with E-state index in [1.165, 1.54) is 12.1 Å². The van der Waals surface area contributed by atoms with Crippen molar-refractivity contribution in [3.05, 3.63) is 36.4 Å². The fourth-order valence-electron chi connectivity index (χ4n) is 1.50. The van der Waals surface area contributed by atoms with Crippen molar-refractivity contribution in [3.8, 4) is 0 Å². The predicted octanol–water partition coefficient (Wildman–Crippen LogP) is 1.40. The zero-order valence-electron chi connectivity index (χ0n) is 7.77. The summed E-state index contributed by atoms with van der Waals surface area (Å²) in [5, 5.41) is 6.34. The first kappa shape index (κ1) is 9.95. The fourth-order valence-corrected chi connectivity index (χ4v) is 2.26. The van der Waals surface area contributed by atoms with E-state index in [9.17, 15) is 8.42 Å². The minimum Gasteiger partial charge on any atom is -0.301 e. The van der Waals surface area contributed by atoms with E-state index in [4.69, 9.17) is 10.9 Å². The summed E-state index contributed by atoms with van der Waals surface area (Å²) in [4.78, 5) is 0.0972. The molecule has 0 amide bonds. The molecule has 2 rings (SSSR count). The number of rotatable bonds is 1. The summed E-state index contributed by atoms with van der Waals surface area (Å²) < 4.78 is 22.5. The molecule has 0 bridgehead atoms. The Morgan fingerprint density at radius 1 is 1.13 bits per heavy atom. The Labute approximate surface area is 87.6 Å². The van der Waals surface area contributed by atoms with Crippen LogP contribution in [0.1, 0.15) is 0 Å². The van der Waals surface area contributed by atoms with Crippen LogP contribution in [0, 0.1) is 0 Å². The summed E-state index contributed by atoms with van der Waals surface area (Å²) in [5.74, 6) is 0. The first-order chi connectivity index (χ1) is 6.98. The molecule has 2 aromatic rings. The van der Waals surface area contributed by atoms with Gasteiger partial charge in [0.05, 0.1) is 10.6 Å². The zero-order valence-corrected chi connectivity index (χ0v) is 8.58. The van der Waals surface area contributed by atoms with Crippen LogP contribution in [0.15, 0.2) is 41.3 Å². The molecular weight excluding hydrogens is 212 g/mol. The Bertz CT molecular complexity index is 620. The van der Waals surface area contributed by atoms with Gasteiger partial charge in [-0.15, -0.1) is 0 Å². The molecule has 5 heteroatoms. The van der Waals surface area contributed by atoms with Crippen LogP contribution in [-0.4, -0.2) is 8.42 Å². The maximum atomic E-state index is 11.3. The van der Waals surface area contributed by atoms with Gasteiger partial charge in [0.1, 0.15) is 0 Å². The number of nitrogens with two attached hydrogens (primary N) is 1. The Morgan fingerprint density at radius 3 is 2.53 bits per heavy atom. The van der Waals surface area contributed by atoms with E-state index < -0.39 is 10.0 Å². The average Bonchev–Trinajstić information content (AvgIpc) is 2.15. The summed E-state index contributed by atoms with van der Waals surface area (Å²) in [6, 6.07) is 9.56. The normalized spacial score (nSPS) is 11.8. The lowest BCUT2D eigenvalue weighted by atomic mass is 10.1. The third kappa shape index (κ3) is 1.79. The zero-order chi connectivity index (χ0) is 11.1. The molecule has 15 heavy (non-hydrogen) atoms. The summed E-state index contributed by atoms with van der Waals surface area (Å²) in [7, 11) is -3.70. The van der Waals surface area contributed by atoms with Crippen LogP contribution in [0.4, 0.5) is 5.69 Å². The van der Waals surface area contributed by atoms with E-state index in [-0.39, 0.29) is 4.90 Å². The predicted molar refractivity (Wildman–Crippen MR) is 58.1 cm³/mol. The molecule has 4 nitrogen and oxygen atoms in total. The molecule has 0 aromatic heterocycles. The number of sulfonamides is 1. The molecular formula is C10H9N2O2S. The van der Waals surface area contributed by atoms with Crippen LogP contribution in [0.2, 0.25) is 0 Å². The van der Waals surface area contributed by atoms with Crippen molar-refractivity contribution in [2.45, 2.75) is 4.90 Å². The maximum absolute atomic E-state index is 11.3.